The molecular weight excluding hydrogens is 302 g/mol. The molecule has 0 unspecified atom stereocenters. The van der Waals surface area contributed by atoms with Crippen LogP contribution in [0.15, 0.2) is 42.5 Å². The fraction of sp³-hybridized carbons (Fsp3) is 0.400. The van der Waals surface area contributed by atoms with Crippen LogP contribution in [0.3, 0.4) is 0 Å². The largest absolute Gasteiger partial charge is 0.493 e. The van der Waals surface area contributed by atoms with Gasteiger partial charge in [0.15, 0.2) is 17.7 Å². The van der Waals surface area contributed by atoms with Crippen molar-refractivity contribution in [3.8, 4) is 11.5 Å². The van der Waals surface area contributed by atoms with Gasteiger partial charge in [-0.1, -0.05) is 44.2 Å². The van der Waals surface area contributed by atoms with Crippen molar-refractivity contribution in [2.45, 2.75) is 38.5 Å². The molecule has 0 aliphatic carbocycles. The number of hydrogen-bond acceptors (Lipinski definition) is 4. The summed E-state index contributed by atoms with van der Waals surface area (Å²) in [5.74, 6) is 1.41. The molecule has 2 aromatic rings. The van der Waals surface area contributed by atoms with Crippen LogP contribution >= 0.6 is 0 Å². The van der Waals surface area contributed by atoms with E-state index in [2.05, 4.69) is 37.4 Å². The first-order chi connectivity index (χ1) is 11.7. The molecule has 24 heavy (non-hydrogen) atoms. The summed E-state index contributed by atoms with van der Waals surface area (Å²) < 4.78 is 17.6. The van der Waals surface area contributed by atoms with E-state index < -0.39 is 0 Å². The van der Waals surface area contributed by atoms with E-state index >= 15 is 0 Å². The maximum absolute atomic E-state index is 6.58. The van der Waals surface area contributed by atoms with E-state index in [1.165, 1.54) is 5.56 Å². The molecule has 0 radical (unpaired) electrons. The summed E-state index contributed by atoms with van der Waals surface area (Å²) in [6, 6.07) is 14.2. The van der Waals surface area contributed by atoms with Crippen molar-refractivity contribution in [3.05, 3.63) is 53.6 Å². The molecule has 0 amide bonds. The van der Waals surface area contributed by atoms with Crippen LogP contribution in [0.5, 0.6) is 11.5 Å². The molecular formula is C20H25NO3. The van der Waals surface area contributed by atoms with Crippen molar-refractivity contribution in [2.24, 2.45) is 0 Å². The molecule has 0 bridgehead atoms. The van der Waals surface area contributed by atoms with Crippen LogP contribution in [-0.4, -0.2) is 14.2 Å². The van der Waals surface area contributed by atoms with Gasteiger partial charge in [-0.25, -0.2) is 0 Å². The van der Waals surface area contributed by atoms with Gasteiger partial charge in [-0.2, -0.15) is 0 Å². The summed E-state index contributed by atoms with van der Waals surface area (Å²) in [5.41, 5.74) is 2.97. The number of anilines is 1. The third-order valence-corrected chi connectivity index (χ3v) is 4.91. The van der Waals surface area contributed by atoms with Crippen LogP contribution in [-0.2, 0) is 10.3 Å². The minimum Gasteiger partial charge on any atom is -0.493 e. The van der Waals surface area contributed by atoms with Gasteiger partial charge in [0.2, 0.25) is 0 Å². The van der Waals surface area contributed by atoms with E-state index in [4.69, 9.17) is 14.2 Å². The summed E-state index contributed by atoms with van der Waals surface area (Å²) in [6.45, 7) is 4.34. The quantitative estimate of drug-likeness (QED) is 0.851. The van der Waals surface area contributed by atoms with E-state index in [1.54, 1.807) is 14.2 Å². The standard InChI is InChI=1S/C20H25NO3/c1-5-20(6-2)15-11-7-8-12-16(15)21-19(24-20)14-10-9-13-17(22-3)18(14)23-4/h7-13,19,21H,5-6H2,1-4H3/t19-/m1/s1. The van der Waals surface area contributed by atoms with Crippen LogP contribution < -0.4 is 14.8 Å². The third-order valence-electron chi connectivity index (χ3n) is 4.91. The van der Waals surface area contributed by atoms with Gasteiger partial charge >= 0.3 is 0 Å². The summed E-state index contributed by atoms with van der Waals surface area (Å²) in [6.07, 6.45) is 1.53. The Morgan fingerprint density at radius 1 is 1.00 bits per heavy atom. The predicted molar refractivity (Wildman–Crippen MR) is 95.7 cm³/mol. The molecule has 128 valence electrons. The molecule has 0 saturated carbocycles. The number of fused-ring (bicyclic) bond motifs is 1. The number of benzene rings is 2. The fourth-order valence-corrected chi connectivity index (χ4v) is 3.52. The van der Waals surface area contributed by atoms with Crippen LogP contribution in [0.4, 0.5) is 5.69 Å². The van der Waals surface area contributed by atoms with E-state index in [0.717, 1.165) is 24.1 Å². The average Bonchev–Trinajstić information content (AvgIpc) is 2.66. The number of methoxy groups -OCH3 is 2. The fourth-order valence-electron chi connectivity index (χ4n) is 3.52. The van der Waals surface area contributed by atoms with Gasteiger partial charge < -0.3 is 19.5 Å². The Kier molecular flexibility index (Phi) is 4.67. The van der Waals surface area contributed by atoms with Crippen molar-refractivity contribution in [2.75, 3.05) is 19.5 Å². The monoisotopic (exact) mass is 327 g/mol. The molecule has 1 aliphatic heterocycles. The Balaban J connectivity index is 2.09. The summed E-state index contributed by atoms with van der Waals surface area (Å²) in [5, 5.41) is 3.50. The predicted octanol–water partition coefficient (Wildman–Crippen LogP) is 4.86. The first-order valence-electron chi connectivity index (χ1n) is 8.43. The molecule has 0 spiro atoms. The van der Waals surface area contributed by atoms with Gasteiger partial charge in [-0.15, -0.1) is 0 Å². The second-order valence-electron chi connectivity index (χ2n) is 5.97. The van der Waals surface area contributed by atoms with Crippen molar-refractivity contribution >= 4 is 5.69 Å². The molecule has 0 aromatic heterocycles. The van der Waals surface area contributed by atoms with Crippen molar-refractivity contribution in [1.82, 2.24) is 0 Å². The number of rotatable bonds is 5. The molecule has 1 heterocycles. The summed E-state index contributed by atoms with van der Waals surface area (Å²) >= 11 is 0. The lowest BCUT2D eigenvalue weighted by atomic mass is 9.85. The van der Waals surface area contributed by atoms with E-state index in [0.29, 0.717) is 11.5 Å². The first-order valence-corrected chi connectivity index (χ1v) is 8.43. The molecule has 0 fully saturated rings. The lowest BCUT2D eigenvalue weighted by molar-refractivity contribution is -0.104. The maximum Gasteiger partial charge on any atom is 0.168 e. The van der Waals surface area contributed by atoms with Crippen molar-refractivity contribution < 1.29 is 14.2 Å². The Morgan fingerprint density at radius 2 is 1.75 bits per heavy atom. The van der Waals surface area contributed by atoms with E-state index in [-0.39, 0.29) is 11.8 Å². The van der Waals surface area contributed by atoms with Gasteiger partial charge in [-0.05, 0) is 25.0 Å². The average molecular weight is 327 g/mol. The van der Waals surface area contributed by atoms with Gasteiger partial charge in [0, 0.05) is 16.8 Å². The van der Waals surface area contributed by atoms with Gasteiger partial charge in [-0.3, -0.25) is 0 Å². The lowest BCUT2D eigenvalue weighted by Crippen LogP contribution is -2.38. The van der Waals surface area contributed by atoms with Crippen molar-refractivity contribution in [3.63, 3.8) is 0 Å². The zero-order chi connectivity index (χ0) is 17.2. The SMILES string of the molecule is CCC1(CC)O[C@H](c2cccc(OC)c2OC)Nc2ccccc21. The van der Waals surface area contributed by atoms with Crippen LogP contribution in [0.1, 0.15) is 44.0 Å². The minimum absolute atomic E-state index is 0.287. The number of nitrogens with one attached hydrogen (secondary N) is 1. The zero-order valence-electron chi connectivity index (χ0n) is 14.8. The van der Waals surface area contributed by atoms with Crippen LogP contribution in [0.25, 0.3) is 0 Å². The second-order valence-corrected chi connectivity index (χ2v) is 5.97. The molecule has 2 aromatic carbocycles. The molecule has 0 saturated heterocycles. The Bertz CT molecular complexity index is 710. The van der Waals surface area contributed by atoms with E-state index in [9.17, 15) is 0 Å². The number of hydrogen-bond donors (Lipinski definition) is 1. The molecule has 4 heteroatoms. The van der Waals surface area contributed by atoms with Crippen LogP contribution in [0.2, 0.25) is 0 Å². The van der Waals surface area contributed by atoms with E-state index in [1.807, 2.05) is 24.3 Å². The highest BCUT2D eigenvalue weighted by Crippen LogP contribution is 2.48. The normalized spacial score (nSPS) is 18.4. The first kappa shape index (κ1) is 16.7. The Hall–Kier alpha value is -2.20. The second kappa shape index (κ2) is 6.73. The minimum atomic E-state index is -0.305. The van der Waals surface area contributed by atoms with Crippen molar-refractivity contribution in [1.29, 1.82) is 0 Å². The molecule has 4 nitrogen and oxygen atoms in total. The maximum atomic E-state index is 6.58. The van der Waals surface area contributed by atoms with Gasteiger partial charge in [0.1, 0.15) is 0 Å². The smallest absolute Gasteiger partial charge is 0.168 e. The highest BCUT2D eigenvalue weighted by molar-refractivity contribution is 5.58. The molecule has 3 rings (SSSR count). The van der Waals surface area contributed by atoms with Gasteiger partial charge in [0.05, 0.1) is 19.8 Å². The Morgan fingerprint density at radius 3 is 2.42 bits per heavy atom. The molecule has 1 N–H and O–H groups in total. The third kappa shape index (κ3) is 2.61. The molecule has 1 aliphatic rings. The molecule has 1 atom stereocenters. The summed E-state index contributed by atoms with van der Waals surface area (Å²) in [7, 11) is 3.31. The topological polar surface area (TPSA) is 39.7 Å². The number of ether oxygens (including phenoxy) is 3. The number of para-hydroxylation sites is 2. The highest BCUT2D eigenvalue weighted by atomic mass is 16.5. The van der Waals surface area contributed by atoms with Crippen LogP contribution in [0, 0.1) is 0 Å². The highest BCUT2D eigenvalue weighted by Gasteiger charge is 2.40. The zero-order valence-corrected chi connectivity index (χ0v) is 14.8. The lowest BCUT2D eigenvalue weighted by Gasteiger charge is -2.43. The van der Waals surface area contributed by atoms with Gasteiger partial charge in [0.25, 0.3) is 0 Å². The summed E-state index contributed by atoms with van der Waals surface area (Å²) in [4.78, 5) is 0. The Labute approximate surface area is 143 Å².